The molecule has 38 heavy (non-hydrogen) atoms. The van der Waals surface area contributed by atoms with Crippen molar-refractivity contribution in [3.8, 4) is 16.8 Å². The summed E-state index contributed by atoms with van der Waals surface area (Å²) in [7, 11) is -0.484. The minimum Gasteiger partial charge on any atom is -0.399 e. The third-order valence-corrected chi connectivity index (χ3v) is 9.29. The van der Waals surface area contributed by atoms with Crippen molar-refractivity contribution in [2.24, 2.45) is 0 Å². The van der Waals surface area contributed by atoms with E-state index in [9.17, 15) is 0 Å². The van der Waals surface area contributed by atoms with E-state index in [0.717, 1.165) is 16.7 Å². The van der Waals surface area contributed by atoms with E-state index in [2.05, 4.69) is 113 Å². The standard InChI is InChI=1S/C33H31BClNO2/c1-31(2)25-13-9-7-11-23(25)29-26(31)15-16-28-30(29)24-12-8-10-14-27(24)36(28)22-18-20(17-21(35)19-22)34-37-32(3,4)33(5,6)38-34/h7-19H,1-6H3. The number of hydrogen-bond acceptors (Lipinski definition) is 2. The lowest BCUT2D eigenvalue weighted by Gasteiger charge is -2.32. The number of benzene rings is 4. The van der Waals surface area contributed by atoms with E-state index in [0.29, 0.717) is 5.02 Å². The van der Waals surface area contributed by atoms with Crippen LogP contribution in [-0.2, 0) is 14.7 Å². The summed E-state index contributed by atoms with van der Waals surface area (Å²) in [5.41, 5.74) is 8.76. The number of rotatable bonds is 2. The van der Waals surface area contributed by atoms with Crippen LogP contribution in [0.4, 0.5) is 0 Å². The van der Waals surface area contributed by atoms with Gasteiger partial charge in [0.05, 0.1) is 22.2 Å². The molecule has 0 radical (unpaired) electrons. The van der Waals surface area contributed by atoms with Gasteiger partial charge in [-0.2, -0.15) is 0 Å². The van der Waals surface area contributed by atoms with Crippen molar-refractivity contribution in [3.63, 3.8) is 0 Å². The Labute approximate surface area is 229 Å². The Kier molecular flexibility index (Phi) is 4.90. The largest absolute Gasteiger partial charge is 0.494 e. The maximum Gasteiger partial charge on any atom is 0.494 e. The number of para-hydroxylation sites is 1. The molecule has 1 aliphatic carbocycles. The number of fused-ring (bicyclic) bond motifs is 7. The van der Waals surface area contributed by atoms with Crippen molar-refractivity contribution >= 4 is 46.0 Å². The van der Waals surface area contributed by atoms with Gasteiger partial charge < -0.3 is 13.9 Å². The molecular weight excluding hydrogens is 489 g/mol. The predicted octanol–water partition coefficient (Wildman–Crippen LogP) is 8.04. The number of hydrogen-bond donors (Lipinski definition) is 0. The minimum atomic E-state index is -0.484. The van der Waals surface area contributed by atoms with Crippen molar-refractivity contribution < 1.29 is 9.31 Å². The summed E-state index contributed by atoms with van der Waals surface area (Å²) in [5, 5.41) is 3.18. The monoisotopic (exact) mass is 519 g/mol. The third kappa shape index (κ3) is 3.17. The Hall–Kier alpha value is -3.05. The van der Waals surface area contributed by atoms with Crippen LogP contribution in [-0.4, -0.2) is 22.9 Å². The lowest BCUT2D eigenvalue weighted by molar-refractivity contribution is 0.00578. The fraction of sp³-hybridized carbons (Fsp3) is 0.273. The molecule has 1 aromatic heterocycles. The maximum absolute atomic E-state index is 6.76. The zero-order valence-corrected chi connectivity index (χ0v) is 23.5. The van der Waals surface area contributed by atoms with Crippen LogP contribution in [0, 0.1) is 0 Å². The fourth-order valence-electron chi connectivity index (χ4n) is 6.37. The van der Waals surface area contributed by atoms with Gasteiger partial charge >= 0.3 is 7.12 Å². The van der Waals surface area contributed by atoms with E-state index >= 15 is 0 Å². The lowest BCUT2D eigenvalue weighted by Crippen LogP contribution is -2.41. The molecule has 5 aromatic rings. The van der Waals surface area contributed by atoms with E-state index in [1.165, 1.54) is 38.5 Å². The maximum atomic E-state index is 6.76. The lowest BCUT2D eigenvalue weighted by atomic mass is 9.79. The molecule has 0 unspecified atom stereocenters. The van der Waals surface area contributed by atoms with Crippen molar-refractivity contribution in [2.45, 2.75) is 58.2 Å². The third-order valence-electron chi connectivity index (χ3n) is 9.07. The molecule has 0 spiro atoms. The Morgan fingerprint density at radius 3 is 2.16 bits per heavy atom. The van der Waals surface area contributed by atoms with Gasteiger partial charge in [0.1, 0.15) is 0 Å². The van der Waals surface area contributed by atoms with Gasteiger partial charge in [-0.15, -0.1) is 0 Å². The smallest absolute Gasteiger partial charge is 0.399 e. The first-order chi connectivity index (χ1) is 18.0. The molecule has 3 nitrogen and oxygen atoms in total. The Balaban J connectivity index is 1.50. The molecule has 1 aliphatic heterocycles. The summed E-state index contributed by atoms with van der Waals surface area (Å²) < 4.78 is 15.1. The highest BCUT2D eigenvalue weighted by atomic mass is 35.5. The molecule has 1 fully saturated rings. The van der Waals surface area contributed by atoms with Gasteiger partial charge in [0.15, 0.2) is 0 Å². The summed E-state index contributed by atoms with van der Waals surface area (Å²) >= 11 is 6.76. The van der Waals surface area contributed by atoms with Gasteiger partial charge in [-0.05, 0) is 85.7 Å². The molecule has 5 heteroatoms. The molecular formula is C33H31BClNO2. The van der Waals surface area contributed by atoms with Crippen LogP contribution in [0.1, 0.15) is 52.7 Å². The van der Waals surface area contributed by atoms with E-state index in [1.54, 1.807) is 0 Å². The molecule has 1 saturated heterocycles. The minimum absolute atomic E-state index is 0.0523. The Morgan fingerprint density at radius 2 is 1.39 bits per heavy atom. The average Bonchev–Trinajstić information content (AvgIpc) is 3.41. The molecule has 2 aliphatic rings. The molecule has 0 atom stereocenters. The molecule has 4 aromatic carbocycles. The van der Waals surface area contributed by atoms with Gasteiger partial charge in [0.25, 0.3) is 0 Å². The topological polar surface area (TPSA) is 23.4 Å². The molecule has 7 rings (SSSR count). The van der Waals surface area contributed by atoms with E-state index in [4.69, 9.17) is 20.9 Å². The molecule has 190 valence electrons. The summed E-state index contributed by atoms with van der Waals surface area (Å²) in [6.07, 6.45) is 0. The zero-order valence-electron chi connectivity index (χ0n) is 22.7. The highest BCUT2D eigenvalue weighted by molar-refractivity contribution is 6.62. The second-order valence-corrected chi connectivity index (χ2v) is 12.7. The number of halogens is 1. The van der Waals surface area contributed by atoms with Gasteiger partial charge in [0, 0.05) is 26.9 Å². The number of nitrogens with zero attached hydrogens (tertiary/aromatic N) is 1. The van der Waals surface area contributed by atoms with Crippen LogP contribution < -0.4 is 5.46 Å². The van der Waals surface area contributed by atoms with Crippen LogP contribution in [0.15, 0.2) is 78.9 Å². The van der Waals surface area contributed by atoms with Crippen LogP contribution in [0.25, 0.3) is 38.6 Å². The van der Waals surface area contributed by atoms with Crippen molar-refractivity contribution in [2.75, 3.05) is 0 Å². The molecule has 0 N–H and O–H groups in total. The highest BCUT2D eigenvalue weighted by Gasteiger charge is 2.51. The SMILES string of the molecule is CC1(C)c2ccccc2-c2c1ccc1c2c2ccccc2n1-c1cc(Cl)cc(B2OC(C)(C)C(C)(C)O2)c1. The summed E-state index contributed by atoms with van der Waals surface area (Å²) in [6.45, 7) is 13.0. The first kappa shape index (κ1) is 24.0. The summed E-state index contributed by atoms with van der Waals surface area (Å²) in [5.74, 6) is 0. The zero-order chi connectivity index (χ0) is 26.6. The van der Waals surface area contributed by atoms with Gasteiger partial charge in [-0.1, -0.05) is 74.0 Å². The highest BCUT2D eigenvalue weighted by Crippen LogP contribution is 2.53. The van der Waals surface area contributed by atoms with E-state index in [-0.39, 0.29) is 5.41 Å². The van der Waals surface area contributed by atoms with Gasteiger partial charge in [-0.25, -0.2) is 0 Å². The second kappa shape index (κ2) is 7.76. The van der Waals surface area contributed by atoms with Crippen LogP contribution in [0.3, 0.4) is 0 Å². The van der Waals surface area contributed by atoms with Crippen LogP contribution in [0.2, 0.25) is 5.02 Å². The first-order valence-electron chi connectivity index (χ1n) is 13.3. The van der Waals surface area contributed by atoms with Gasteiger partial charge in [-0.3, -0.25) is 0 Å². The van der Waals surface area contributed by atoms with Crippen molar-refractivity contribution in [3.05, 3.63) is 95.0 Å². The Bertz CT molecular complexity index is 1770. The Morgan fingerprint density at radius 1 is 0.711 bits per heavy atom. The number of aromatic nitrogens is 1. The summed E-state index contributed by atoms with van der Waals surface area (Å²) in [4.78, 5) is 0. The second-order valence-electron chi connectivity index (χ2n) is 12.2. The van der Waals surface area contributed by atoms with Gasteiger partial charge in [0.2, 0.25) is 0 Å². The van der Waals surface area contributed by atoms with E-state index < -0.39 is 18.3 Å². The van der Waals surface area contributed by atoms with Crippen LogP contribution >= 0.6 is 11.6 Å². The first-order valence-corrected chi connectivity index (χ1v) is 13.7. The fourth-order valence-corrected chi connectivity index (χ4v) is 6.61. The van der Waals surface area contributed by atoms with Crippen molar-refractivity contribution in [1.29, 1.82) is 0 Å². The molecule has 2 heterocycles. The summed E-state index contributed by atoms with van der Waals surface area (Å²) in [6, 6.07) is 28.2. The molecule has 0 amide bonds. The normalized spacial score (nSPS) is 18.8. The predicted molar refractivity (Wildman–Crippen MR) is 159 cm³/mol. The van der Waals surface area contributed by atoms with E-state index in [1.807, 2.05) is 12.1 Å². The van der Waals surface area contributed by atoms with Crippen molar-refractivity contribution in [1.82, 2.24) is 4.57 Å². The molecule has 0 bridgehead atoms. The van der Waals surface area contributed by atoms with Crippen LogP contribution in [0.5, 0.6) is 0 Å². The quantitative estimate of drug-likeness (QED) is 0.220. The molecule has 0 saturated carbocycles. The average molecular weight is 520 g/mol.